The molecule has 0 radical (unpaired) electrons. The van der Waals surface area contributed by atoms with Gasteiger partial charge in [0.1, 0.15) is 6.61 Å². The van der Waals surface area contributed by atoms with Crippen LogP contribution in [0, 0.1) is 10.1 Å². The molecule has 0 aromatic heterocycles. The summed E-state index contributed by atoms with van der Waals surface area (Å²) in [6.45, 7) is 1.28. The maximum absolute atomic E-state index is 11.9. The summed E-state index contributed by atoms with van der Waals surface area (Å²) < 4.78 is 5.35. The summed E-state index contributed by atoms with van der Waals surface area (Å²) in [7, 11) is 0. The van der Waals surface area contributed by atoms with Crippen molar-refractivity contribution < 1.29 is 49.1 Å². The van der Waals surface area contributed by atoms with Crippen molar-refractivity contribution >= 4 is 11.5 Å². The van der Waals surface area contributed by atoms with E-state index in [4.69, 9.17) is 4.74 Å². The average molecular weight is 309 g/mol. The largest absolute Gasteiger partial charge is 1.00 e. The number of ether oxygens (including phenoxy) is 1. The number of nitro groups is 1. The van der Waals surface area contributed by atoms with E-state index in [1.165, 1.54) is 19.1 Å². The van der Waals surface area contributed by atoms with Gasteiger partial charge < -0.3 is 9.84 Å². The Hall–Kier alpha value is -1.89. The fourth-order valence-electron chi connectivity index (χ4n) is 1.86. The van der Waals surface area contributed by atoms with Crippen LogP contribution in [0.4, 0.5) is 5.69 Å². The van der Waals surface area contributed by atoms with Gasteiger partial charge in [-0.1, -0.05) is 30.3 Å². The number of ketones is 1. The summed E-state index contributed by atoms with van der Waals surface area (Å²) >= 11 is 0. The Labute approximate surface area is 149 Å². The number of hydrogen-bond acceptors (Lipinski definition) is 5. The van der Waals surface area contributed by atoms with Crippen LogP contribution < -0.4 is 39.4 Å². The smallest absolute Gasteiger partial charge is 0.867 e. The van der Waals surface area contributed by atoms with E-state index in [9.17, 15) is 20.0 Å². The third-order valence-electron chi connectivity index (χ3n) is 2.89. The van der Waals surface area contributed by atoms with Crippen LogP contribution in [0.2, 0.25) is 0 Å². The fourth-order valence-corrected chi connectivity index (χ4v) is 1.86. The van der Waals surface area contributed by atoms with E-state index in [0.29, 0.717) is 0 Å². The van der Waals surface area contributed by atoms with Gasteiger partial charge in [0.2, 0.25) is 0 Å². The van der Waals surface area contributed by atoms with Crippen LogP contribution >= 0.6 is 0 Å². The minimum atomic E-state index is -0.918. The summed E-state index contributed by atoms with van der Waals surface area (Å²) in [5.41, 5.74) is -0.109. The van der Waals surface area contributed by atoms with Crippen molar-refractivity contribution in [1.82, 2.24) is 0 Å². The third-order valence-corrected chi connectivity index (χ3v) is 2.89. The molecule has 0 N–H and O–H groups in total. The van der Waals surface area contributed by atoms with Crippen molar-refractivity contribution in [3.63, 3.8) is 0 Å². The maximum Gasteiger partial charge on any atom is 1.00 e. The summed E-state index contributed by atoms with van der Waals surface area (Å²) in [4.78, 5) is 21.5. The SMILES string of the molecule is CC(=O)c1ccc(OCc2ccccc2)c([N+](=O)[O-])c1[O-].[Na+]. The molecule has 7 heteroatoms. The minimum Gasteiger partial charge on any atom is -0.867 e. The van der Waals surface area contributed by atoms with Crippen molar-refractivity contribution in [3.8, 4) is 11.5 Å². The van der Waals surface area contributed by atoms with Gasteiger partial charge in [-0.2, -0.15) is 0 Å². The van der Waals surface area contributed by atoms with E-state index in [2.05, 4.69) is 0 Å². The first kappa shape index (κ1) is 18.2. The summed E-state index contributed by atoms with van der Waals surface area (Å²) in [6, 6.07) is 11.6. The van der Waals surface area contributed by atoms with Crippen molar-refractivity contribution in [3.05, 3.63) is 63.7 Å². The van der Waals surface area contributed by atoms with E-state index >= 15 is 0 Å². The number of Topliss-reactive ketones (excluding diaryl/α,β-unsaturated/α-hetero) is 1. The number of benzene rings is 2. The van der Waals surface area contributed by atoms with Crippen LogP contribution in [0.1, 0.15) is 22.8 Å². The first-order valence-electron chi connectivity index (χ1n) is 6.16. The predicted molar refractivity (Wildman–Crippen MR) is 73.3 cm³/mol. The molecule has 0 unspecified atom stereocenters. The van der Waals surface area contributed by atoms with Gasteiger partial charge in [0.05, 0.1) is 4.92 Å². The van der Waals surface area contributed by atoms with Crippen LogP contribution in [0.5, 0.6) is 11.5 Å². The number of rotatable bonds is 5. The number of carbonyl (C=O) groups excluding carboxylic acids is 1. The van der Waals surface area contributed by atoms with E-state index < -0.39 is 22.1 Å². The normalized spacial score (nSPS) is 9.68. The standard InChI is InChI=1S/C15H13NO5.Na/c1-10(17)12-7-8-13(14(15(12)18)16(19)20)21-9-11-5-3-2-4-6-11;/h2-8,18H,9H2,1H3;/q;+1/p-1. The summed E-state index contributed by atoms with van der Waals surface area (Å²) in [5.74, 6) is -1.57. The molecule has 0 aliphatic carbocycles. The molecule has 0 amide bonds. The fraction of sp³-hybridized carbons (Fsp3) is 0.133. The molecule has 0 saturated heterocycles. The van der Waals surface area contributed by atoms with Crippen LogP contribution in [0.3, 0.4) is 0 Å². The Bertz CT molecular complexity index is 688. The van der Waals surface area contributed by atoms with Crippen molar-refractivity contribution in [1.29, 1.82) is 0 Å². The van der Waals surface area contributed by atoms with Gasteiger partial charge >= 0.3 is 35.2 Å². The molecule has 0 spiro atoms. The molecule has 108 valence electrons. The van der Waals surface area contributed by atoms with Gasteiger partial charge in [-0.15, -0.1) is 0 Å². The van der Waals surface area contributed by atoms with Gasteiger partial charge in [-0.3, -0.25) is 14.9 Å². The van der Waals surface area contributed by atoms with E-state index in [0.717, 1.165) is 5.56 Å². The topological polar surface area (TPSA) is 92.5 Å². The van der Waals surface area contributed by atoms with Crippen molar-refractivity contribution in [2.75, 3.05) is 0 Å². The zero-order valence-corrected chi connectivity index (χ0v) is 14.2. The minimum absolute atomic E-state index is 0. The number of carbonyl (C=O) groups is 1. The van der Waals surface area contributed by atoms with Crippen molar-refractivity contribution in [2.45, 2.75) is 13.5 Å². The van der Waals surface area contributed by atoms with Crippen LogP contribution in [-0.2, 0) is 6.61 Å². The average Bonchev–Trinajstić information content (AvgIpc) is 2.45. The number of hydrogen-bond donors (Lipinski definition) is 0. The Kier molecular flexibility index (Phi) is 6.55. The van der Waals surface area contributed by atoms with Crippen LogP contribution in [-0.4, -0.2) is 10.7 Å². The predicted octanol–water partition coefficient (Wildman–Crippen LogP) is -0.546. The summed E-state index contributed by atoms with van der Waals surface area (Å²) in [6.07, 6.45) is 0. The second-order valence-corrected chi connectivity index (χ2v) is 4.38. The molecule has 0 aliphatic rings. The molecule has 6 nitrogen and oxygen atoms in total. The number of nitro benzene ring substituents is 1. The molecule has 0 heterocycles. The zero-order valence-electron chi connectivity index (χ0n) is 12.2. The van der Waals surface area contributed by atoms with Crippen molar-refractivity contribution in [2.24, 2.45) is 0 Å². The molecule has 2 rings (SSSR count). The molecule has 0 atom stereocenters. The molecular formula is C15H12NNaO5. The molecule has 0 saturated carbocycles. The van der Waals surface area contributed by atoms with E-state index in [1.807, 2.05) is 18.2 Å². The third kappa shape index (κ3) is 4.07. The molecule has 0 fully saturated rings. The first-order valence-corrected chi connectivity index (χ1v) is 6.16. The van der Waals surface area contributed by atoms with Crippen LogP contribution in [0.25, 0.3) is 0 Å². The zero-order chi connectivity index (χ0) is 15.4. The Morgan fingerprint density at radius 2 is 1.82 bits per heavy atom. The molecule has 0 bridgehead atoms. The maximum atomic E-state index is 11.9. The monoisotopic (exact) mass is 309 g/mol. The molecular weight excluding hydrogens is 297 g/mol. The van der Waals surface area contributed by atoms with Gasteiger partial charge in [-0.25, -0.2) is 0 Å². The van der Waals surface area contributed by atoms with E-state index in [1.54, 1.807) is 12.1 Å². The number of nitrogens with zero attached hydrogens (tertiary/aromatic N) is 1. The van der Waals surface area contributed by atoms with E-state index in [-0.39, 0.29) is 47.5 Å². The molecule has 2 aromatic rings. The summed E-state index contributed by atoms with van der Waals surface area (Å²) in [5, 5.41) is 23.0. The van der Waals surface area contributed by atoms with Gasteiger partial charge in [0.15, 0.2) is 11.5 Å². The second kappa shape index (κ2) is 7.93. The quantitative estimate of drug-likeness (QED) is 0.320. The van der Waals surface area contributed by atoms with Gasteiger partial charge in [0.25, 0.3) is 0 Å². The Morgan fingerprint density at radius 1 is 1.18 bits per heavy atom. The Morgan fingerprint density at radius 3 is 2.36 bits per heavy atom. The van der Waals surface area contributed by atoms with Crippen LogP contribution in [0.15, 0.2) is 42.5 Å². The molecule has 22 heavy (non-hydrogen) atoms. The molecule has 0 aliphatic heterocycles. The Balaban J connectivity index is 0.00000242. The molecule has 2 aromatic carbocycles. The second-order valence-electron chi connectivity index (χ2n) is 4.38. The first-order chi connectivity index (χ1) is 10.0. The van der Waals surface area contributed by atoms with Gasteiger partial charge in [0, 0.05) is 5.56 Å². The van der Waals surface area contributed by atoms with Gasteiger partial charge in [-0.05, 0) is 30.4 Å².